The number of hydrogen-bond donors (Lipinski definition) is 1. The summed E-state index contributed by atoms with van der Waals surface area (Å²) in [4.78, 5) is 14.6. The predicted molar refractivity (Wildman–Crippen MR) is 67.4 cm³/mol. The third-order valence-corrected chi connectivity index (χ3v) is 2.63. The summed E-state index contributed by atoms with van der Waals surface area (Å²) in [6.45, 7) is 1.76. The summed E-state index contributed by atoms with van der Waals surface area (Å²) in [5, 5.41) is 9.51. The van der Waals surface area contributed by atoms with E-state index in [1.807, 2.05) is 0 Å². The second kappa shape index (κ2) is 5.24. The third-order valence-electron chi connectivity index (χ3n) is 2.39. The number of carboxylic acid groups (broad SMARTS) is 1. The van der Waals surface area contributed by atoms with E-state index in [0.717, 1.165) is 17.8 Å². The number of benzene rings is 1. The quantitative estimate of drug-likeness (QED) is 0.932. The van der Waals surface area contributed by atoms with E-state index in [9.17, 15) is 9.18 Å². The van der Waals surface area contributed by atoms with Crippen LogP contribution in [0.25, 0.3) is 0 Å². The molecular weight excluding hydrogens is 273 g/mol. The van der Waals surface area contributed by atoms with E-state index in [0.29, 0.717) is 10.8 Å². The molecule has 0 saturated heterocycles. The Morgan fingerprint density at radius 2 is 2.16 bits per heavy atom. The predicted octanol–water partition coefficient (Wildman–Crippen LogP) is 3.67. The van der Waals surface area contributed by atoms with Crippen molar-refractivity contribution in [2.45, 2.75) is 6.92 Å². The first-order valence-electron chi connectivity index (χ1n) is 5.30. The van der Waals surface area contributed by atoms with Gasteiger partial charge in [-0.05, 0) is 36.8 Å². The van der Waals surface area contributed by atoms with E-state index < -0.39 is 11.8 Å². The second-order valence-corrected chi connectivity index (χ2v) is 4.26. The van der Waals surface area contributed by atoms with E-state index in [-0.39, 0.29) is 11.4 Å². The molecule has 0 atom stereocenters. The maximum absolute atomic E-state index is 13.0. The van der Waals surface area contributed by atoms with E-state index in [4.69, 9.17) is 21.4 Å². The van der Waals surface area contributed by atoms with Gasteiger partial charge in [0.15, 0.2) is 0 Å². The standard InChI is InChI=1S/C13H9ClFNO3/c1-7-4-8(14)2-3-11(7)19-12-10(13(17)18)5-9(15)6-16-12/h2-6H,1H3,(H,17,18). The lowest BCUT2D eigenvalue weighted by atomic mass is 10.2. The summed E-state index contributed by atoms with van der Waals surface area (Å²) in [5.41, 5.74) is 0.379. The largest absolute Gasteiger partial charge is 0.477 e. The molecule has 1 aromatic heterocycles. The van der Waals surface area contributed by atoms with Crippen molar-refractivity contribution in [3.63, 3.8) is 0 Å². The Labute approximate surface area is 113 Å². The number of hydrogen-bond acceptors (Lipinski definition) is 3. The van der Waals surface area contributed by atoms with Crippen molar-refractivity contribution >= 4 is 17.6 Å². The first-order chi connectivity index (χ1) is 8.97. The van der Waals surface area contributed by atoms with Crippen molar-refractivity contribution in [1.29, 1.82) is 0 Å². The summed E-state index contributed by atoms with van der Waals surface area (Å²) in [6.07, 6.45) is 0.896. The molecule has 98 valence electrons. The monoisotopic (exact) mass is 281 g/mol. The van der Waals surface area contributed by atoms with E-state index in [2.05, 4.69) is 4.98 Å². The van der Waals surface area contributed by atoms with Crippen LogP contribution in [0.2, 0.25) is 5.02 Å². The van der Waals surface area contributed by atoms with Crippen LogP contribution in [0.3, 0.4) is 0 Å². The molecule has 6 heteroatoms. The number of carbonyl (C=O) groups is 1. The molecule has 0 aliphatic rings. The lowest BCUT2D eigenvalue weighted by molar-refractivity contribution is 0.0692. The van der Waals surface area contributed by atoms with Crippen molar-refractivity contribution in [3.8, 4) is 11.6 Å². The van der Waals surface area contributed by atoms with E-state index >= 15 is 0 Å². The van der Waals surface area contributed by atoms with Gasteiger partial charge in [0.2, 0.25) is 5.88 Å². The molecule has 2 rings (SSSR count). The number of aryl methyl sites for hydroxylation is 1. The molecule has 4 nitrogen and oxygen atoms in total. The molecule has 1 heterocycles. The lowest BCUT2D eigenvalue weighted by Gasteiger charge is -2.10. The van der Waals surface area contributed by atoms with Crippen LogP contribution in [-0.2, 0) is 0 Å². The smallest absolute Gasteiger partial charge is 0.341 e. The Balaban J connectivity index is 2.40. The van der Waals surface area contributed by atoms with Gasteiger partial charge < -0.3 is 9.84 Å². The summed E-state index contributed by atoms with van der Waals surface area (Å²) < 4.78 is 18.4. The van der Waals surface area contributed by atoms with Gasteiger partial charge in [-0.1, -0.05) is 11.6 Å². The first-order valence-corrected chi connectivity index (χ1v) is 5.68. The number of aromatic nitrogens is 1. The van der Waals surface area contributed by atoms with Crippen molar-refractivity contribution in [1.82, 2.24) is 4.98 Å². The summed E-state index contributed by atoms with van der Waals surface area (Å²) in [7, 11) is 0. The number of ether oxygens (including phenoxy) is 1. The Morgan fingerprint density at radius 3 is 2.79 bits per heavy atom. The highest BCUT2D eigenvalue weighted by Crippen LogP contribution is 2.28. The fourth-order valence-electron chi connectivity index (χ4n) is 1.49. The van der Waals surface area contributed by atoms with E-state index in [1.54, 1.807) is 25.1 Å². The molecule has 0 saturated carbocycles. The summed E-state index contributed by atoms with van der Waals surface area (Å²) >= 11 is 5.81. The molecule has 19 heavy (non-hydrogen) atoms. The van der Waals surface area contributed by atoms with Gasteiger partial charge in [0, 0.05) is 5.02 Å². The van der Waals surface area contributed by atoms with Crippen molar-refractivity contribution < 1.29 is 19.0 Å². The average Bonchev–Trinajstić information content (AvgIpc) is 2.34. The van der Waals surface area contributed by atoms with E-state index in [1.165, 1.54) is 0 Å². The highest BCUT2D eigenvalue weighted by molar-refractivity contribution is 6.30. The van der Waals surface area contributed by atoms with Gasteiger partial charge in [0.05, 0.1) is 6.20 Å². The molecule has 0 aliphatic heterocycles. The SMILES string of the molecule is Cc1cc(Cl)ccc1Oc1ncc(F)cc1C(=O)O. The molecule has 0 radical (unpaired) electrons. The van der Waals surface area contributed by atoms with Crippen LogP contribution < -0.4 is 4.74 Å². The van der Waals surface area contributed by atoms with Gasteiger partial charge in [-0.3, -0.25) is 0 Å². The van der Waals surface area contributed by atoms with Crippen molar-refractivity contribution in [3.05, 3.63) is 52.4 Å². The highest BCUT2D eigenvalue weighted by atomic mass is 35.5. The number of carboxylic acids is 1. The van der Waals surface area contributed by atoms with Crippen LogP contribution in [0, 0.1) is 12.7 Å². The molecule has 0 aliphatic carbocycles. The topological polar surface area (TPSA) is 59.4 Å². The third kappa shape index (κ3) is 3.00. The Hall–Kier alpha value is -2.14. The Morgan fingerprint density at radius 1 is 1.42 bits per heavy atom. The fourth-order valence-corrected chi connectivity index (χ4v) is 1.72. The normalized spacial score (nSPS) is 10.3. The maximum atomic E-state index is 13.0. The molecule has 1 N–H and O–H groups in total. The molecule has 0 spiro atoms. The molecule has 0 fully saturated rings. The van der Waals surface area contributed by atoms with Gasteiger partial charge >= 0.3 is 5.97 Å². The molecule has 0 unspecified atom stereocenters. The zero-order chi connectivity index (χ0) is 14.0. The van der Waals surface area contributed by atoms with Crippen LogP contribution >= 0.6 is 11.6 Å². The van der Waals surface area contributed by atoms with Crippen LogP contribution in [-0.4, -0.2) is 16.1 Å². The average molecular weight is 282 g/mol. The van der Waals surface area contributed by atoms with Crippen LogP contribution in [0.4, 0.5) is 4.39 Å². The Kier molecular flexibility index (Phi) is 3.66. The minimum Gasteiger partial charge on any atom is -0.477 e. The summed E-state index contributed by atoms with van der Waals surface area (Å²) in [6, 6.07) is 5.72. The molecule has 0 bridgehead atoms. The number of pyridine rings is 1. The highest BCUT2D eigenvalue weighted by Gasteiger charge is 2.15. The second-order valence-electron chi connectivity index (χ2n) is 3.82. The van der Waals surface area contributed by atoms with Crippen LogP contribution in [0.5, 0.6) is 11.6 Å². The van der Waals surface area contributed by atoms with Gasteiger partial charge in [-0.25, -0.2) is 14.2 Å². The lowest BCUT2D eigenvalue weighted by Crippen LogP contribution is -2.03. The number of rotatable bonds is 3. The minimum atomic E-state index is -1.31. The maximum Gasteiger partial charge on any atom is 0.341 e. The minimum absolute atomic E-state index is 0.167. The van der Waals surface area contributed by atoms with Crippen molar-refractivity contribution in [2.24, 2.45) is 0 Å². The molecule has 1 aromatic carbocycles. The van der Waals surface area contributed by atoms with Gasteiger partial charge in [0.25, 0.3) is 0 Å². The van der Waals surface area contributed by atoms with Gasteiger partial charge in [-0.15, -0.1) is 0 Å². The Bertz CT molecular complexity index is 646. The molecule has 2 aromatic rings. The zero-order valence-electron chi connectivity index (χ0n) is 9.85. The molecular formula is C13H9ClFNO3. The molecule has 0 amide bonds. The van der Waals surface area contributed by atoms with Crippen LogP contribution in [0.1, 0.15) is 15.9 Å². The van der Waals surface area contributed by atoms with Gasteiger partial charge in [-0.2, -0.15) is 0 Å². The zero-order valence-corrected chi connectivity index (χ0v) is 10.6. The van der Waals surface area contributed by atoms with Gasteiger partial charge in [0.1, 0.15) is 17.1 Å². The number of nitrogens with zero attached hydrogens (tertiary/aromatic N) is 1. The first kappa shape index (κ1) is 13.3. The number of aromatic carboxylic acids is 1. The fraction of sp³-hybridized carbons (Fsp3) is 0.0769. The van der Waals surface area contributed by atoms with Crippen molar-refractivity contribution in [2.75, 3.05) is 0 Å². The summed E-state index contributed by atoms with van der Waals surface area (Å²) in [5.74, 6) is -1.81. The van der Waals surface area contributed by atoms with Crippen LogP contribution in [0.15, 0.2) is 30.5 Å². The number of halogens is 2.